The summed E-state index contributed by atoms with van der Waals surface area (Å²) in [5.74, 6) is -0.998. The van der Waals surface area contributed by atoms with Gasteiger partial charge in [-0.1, -0.05) is 302 Å². The van der Waals surface area contributed by atoms with Crippen molar-refractivity contribution in [3.8, 4) is 0 Å². The summed E-state index contributed by atoms with van der Waals surface area (Å²) in [7, 11) is 0. The van der Waals surface area contributed by atoms with Crippen LogP contribution in [0.1, 0.15) is 310 Å². The Morgan fingerprint density at radius 3 is 0.805 bits per heavy atom. The zero-order chi connectivity index (χ0) is 59.2. The highest BCUT2D eigenvalue weighted by atomic mass is 16.6. The van der Waals surface area contributed by atoms with Crippen LogP contribution in [0.3, 0.4) is 0 Å². The topological polar surface area (TPSA) is 78.9 Å². The minimum absolute atomic E-state index is 0.112. The molecule has 0 aliphatic rings. The first-order valence-electron chi connectivity index (χ1n) is 34.2. The number of carbonyl (C=O) groups is 3. The largest absolute Gasteiger partial charge is 0.462 e. The summed E-state index contributed by atoms with van der Waals surface area (Å²) in [6.07, 6.45) is 97.7. The van der Waals surface area contributed by atoms with Crippen molar-refractivity contribution in [2.24, 2.45) is 0 Å². The SMILES string of the molecule is CC/C=C\C/C=C\C/C=C\C/C=C\C/C=C\C/C=C\CCC(=O)OC(COC(=O)CCCCCCC/C=C\CCCCCCCCC)COC(=O)CCCCCCCCCCCCCCCCCC/C=C\C/C=C\C/C=C\C/C=C\CC. The molecular formula is C76H126O6. The zero-order valence-electron chi connectivity index (χ0n) is 53.5. The van der Waals surface area contributed by atoms with E-state index in [0.29, 0.717) is 19.3 Å². The molecule has 0 aromatic rings. The smallest absolute Gasteiger partial charge is 0.306 e. The van der Waals surface area contributed by atoms with E-state index in [0.717, 1.165) is 116 Å². The molecule has 0 N–H and O–H groups in total. The van der Waals surface area contributed by atoms with Crippen LogP contribution >= 0.6 is 0 Å². The molecule has 0 spiro atoms. The van der Waals surface area contributed by atoms with Gasteiger partial charge in [0, 0.05) is 19.3 Å². The Labute approximate surface area is 506 Å². The summed E-state index contributed by atoms with van der Waals surface area (Å²) in [4.78, 5) is 38.4. The fourth-order valence-corrected chi connectivity index (χ4v) is 9.34. The molecule has 466 valence electrons. The van der Waals surface area contributed by atoms with Crippen molar-refractivity contribution >= 4 is 17.9 Å². The van der Waals surface area contributed by atoms with Gasteiger partial charge in [0.15, 0.2) is 6.10 Å². The minimum Gasteiger partial charge on any atom is -0.462 e. The zero-order valence-corrected chi connectivity index (χ0v) is 53.5. The molecule has 6 heteroatoms. The lowest BCUT2D eigenvalue weighted by Crippen LogP contribution is -2.30. The highest BCUT2D eigenvalue weighted by Gasteiger charge is 2.19. The molecule has 0 aromatic heterocycles. The van der Waals surface area contributed by atoms with E-state index in [-0.39, 0.29) is 31.6 Å². The van der Waals surface area contributed by atoms with E-state index < -0.39 is 12.1 Å². The van der Waals surface area contributed by atoms with Gasteiger partial charge in [0.05, 0.1) is 0 Å². The van der Waals surface area contributed by atoms with Gasteiger partial charge in [-0.2, -0.15) is 0 Å². The second-order valence-electron chi connectivity index (χ2n) is 22.3. The van der Waals surface area contributed by atoms with Crippen molar-refractivity contribution in [2.45, 2.75) is 316 Å². The van der Waals surface area contributed by atoms with Crippen molar-refractivity contribution in [2.75, 3.05) is 13.2 Å². The van der Waals surface area contributed by atoms with Crippen LogP contribution in [0, 0.1) is 0 Å². The van der Waals surface area contributed by atoms with E-state index in [1.165, 1.54) is 148 Å². The Hall–Kier alpha value is -4.45. The summed E-state index contributed by atoms with van der Waals surface area (Å²) >= 11 is 0. The predicted octanol–water partition coefficient (Wildman–Crippen LogP) is 23.7. The Bertz CT molecular complexity index is 1730. The molecule has 0 radical (unpaired) electrons. The van der Waals surface area contributed by atoms with E-state index in [1.807, 2.05) is 6.08 Å². The summed E-state index contributed by atoms with van der Waals surface area (Å²) in [5.41, 5.74) is 0. The van der Waals surface area contributed by atoms with Gasteiger partial charge in [0.2, 0.25) is 0 Å². The van der Waals surface area contributed by atoms with Crippen LogP contribution in [0.4, 0.5) is 0 Å². The number of esters is 3. The van der Waals surface area contributed by atoms with Crippen molar-refractivity contribution in [1.82, 2.24) is 0 Å². The molecule has 1 atom stereocenters. The molecule has 1 unspecified atom stereocenters. The van der Waals surface area contributed by atoms with Gasteiger partial charge in [-0.25, -0.2) is 0 Å². The summed E-state index contributed by atoms with van der Waals surface area (Å²) < 4.78 is 16.9. The van der Waals surface area contributed by atoms with Gasteiger partial charge >= 0.3 is 17.9 Å². The number of unbranched alkanes of at least 4 members (excludes halogenated alkanes) is 28. The molecule has 6 nitrogen and oxygen atoms in total. The third kappa shape index (κ3) is 66.4. The molecule has 0 aliphatic carbocycles. The van der Waals surface area contributed by atoms with E-state index in [1.54, 1.807) is 0 Å². The van der Waals surface area contributed by atoms with Crippen LogP contribution in [-0.2, 0) is 28.6 Å². The molecular weight excluding hydrogens is 1010 g/mol. The third-order valence-corrected chi connectivity index (χ3v) is 14.4. The first-order valence-corrected chi connectivity index (χ1v) is 34.2. The maximum Gasteiger partial charge on any atom is 0.306 e. The third-order valence-electron chi connectivity index (χ3n) is 14.4. The van der Waals surface area contributed by atoms with Crippen LogP contribution in [0.2, 0.25) is 0 Å². The van der Waals surface area contributed by atoms with Gasteiger partial charge in [-0.15, -0.1) is 0 Å². The molecule has 0 bridgehead atoms. The molecule has 0 rings (SSSR count). The van der Waals surface area contributed by atoms with E-state index in [2.05, 4.69) is 148 Å². The normalized spacial score (nSPS) is 13.0. The number of ether oxygens (including phenoxy) is 3. The monoisotopic (exact) mass is 1130 g/mol. The predicted molar refractivity (Wildman–Crippen MR) is 357 cm³/mol. The van der Waals surface area contributed by atoms with Gasteiger partial charge < -0.3 is 14.2 Å². The summed E-state index contributed by atoms with van der Waals surface area (Å²) in [6.45, 7) is 6.37. The van der Waals surface area contributed by atoms with Crippen LogP contribution < -0.4 is 0 Å². The lowest BCUT2D eigenvalue weighted by molar-refractivity contribution is -0.166. The van der Waals surface area contributed by atoms with E-state index in [9.17, 15) is 14.4 Å². The number of carbonyl (C=O) groups excluding carboxylic acids is 3. The highest BCUT2D eigenvalue weighted by molar-refractivity contribution is 5.71. The van der Waals surface area contributed by atoms with Gasteiger partial charge in [0.1, 0.15) is 13.2 Å². The highest BCUT2D eigenvalue weighted by Crippen LogP contribution is 2.16. The second kappa shape index (κ2) is 69.0. The minimum atomic E-state index is -0.827. The fourth-order valence-electron chi connectivity index (χ4n) is 9.34. The Morgan fingerprint density at radius 1 is 0.256 bits per heavy atom. The molecule has 0 aromatic carbocycles. The lowest BCUT2D eigenvalue weighted by atomic mass is 10.0. The molecule has 0 saturated heterocycles. The summed E-state index contributed by atoms with van der Waals surface area (Å²) in [6, 6.07) is 0. The van der Waals surface area contributed by atoms with E-state index >= 15 is 0 Å². The number of hydrogen-bond donors (Lipinski definition) is 0. The Morgan fingerprint density at radius 2 is 0.500 bits per heavy atom. The average Bonchev–Trinajstić information content (AvgIpc) is 3.47. The first kappa shape index (κ1) is 77.5. The van der Waals surface area contributed by atoms with Crippen molar-refractivity contribution < 1.29 is 28.6 Å². The molecule has 0 amide bonds. The fraction of sp³-hybridized carbons (Fsp3) is 0.671. The van der Waals surface area contributed by atoms with Crippen molar-refractivity contribution in [3.63, 3.8) is 0 Å². The first-order chi connectivity index (χ1) is 40.5. The van der Waals surface area contributed by atoms with Crippen LogP contribution in [0.25, 0.3) is 0 Å². The van der Waals surface area contributed by atoms with Gasteiger partial charge in [-0.05, 0) is 122 Å². The maximum absolute atomic E-state index is 12.9. The van der Waals surface area contributed by atoms with Crippen molar-refractivity contribution in [1.29, 1.82) is 0 Å². The molecule has 82 heavy (non-hydrogen) atoms. The Balaban J connectivity index is 4.38. The van der Waals surface area contributed by atoms with Gasteiger partial charge in [0.25, 0.3) is 0 Å². The quantitative estimate of drug-likeness (QED) is 0.0261. The number of allylic oxidation sites excluding steroid dienone is 22. The van der Waals surface area contributed by atoms with Gasteiger partial charge in [-0.3, -0.25) is 14.4 Å². The average molecular weight is 1140 g/mol. The van der Waals surface area contributed by atoms with E-state index in [4.69, 9.17) is 14.2 Å². The van der Waals surface area contributed by atoms with Crippen molar-refractivity contribution in [3.05, 3.63) is 134 Å². The molecule has 0 fully saturated rings. The Kier molecular flexibility index (Phi) is 65.3. The number of hydrogen-bond acceptors (Lipinski definition) is 6. The molecule has 0 saturated carbocycles. The van der Waals surface area contributed by atoms with Crippen LogP contribution in [0.5, 0.6) is 0 Å². The van der Waals surface area contributed by atoms with Crippen LogP contribution in [-0.4, -0.2) is 37.2 Å². The van der Waals surface area contributed by atoms with Crippen LogP contribution in [0.15, 0.2) is 134 Å². The molecule has 0 heterocycles. The summed E-state index contributed by atoms with van der Waals surface area (Å²) in [5, 5.41) is 0. The standard InChI is InChI=1S/C76H126O6/c1-4-7-10-13-16-19-22-25-28-31-33-34-35-36-37-38-39-40-41-42-44-45-48-51-54-57-60-63-66-69-75(78)81-72-73(71-80-74(77)68-65-62-59-56-53-50-47-30-27-24-21-18-15-12-9-6-3)82-76(79)70-67-64-61-58-55-52-49-46-43-32-29-26-23-20-17-14-11-8-5-2/h7-8,10-11,16-17,19-20,25-26,28-30,33-34,43,46-47,52,55,61,64,73H,4-6,9,12-15,18,21-24,27,31-32,35-42,44-45,48-51,53-54,56-60,62-63,65-72H2,1-3H3/b10-7-,11-8-,19-16-,20-17-,28-25-,29-26-,34-33-,46-43-,47-30-,55-52-,64-61-. The maximum atomic E-state index is 12.9. The lowest BCUT2D eigenvalue weighted by Gasteiger charge is -2.18. The second-order valence-corrected chi connectivity index (χ2v) is 22.3. The number of rotatable bonds is 61. The molecule has 0 aliphatic heterocycles.